The molecule has 1 spiro atoms. The number of hydrogen-bond acceptors (Lipinski definition) is 8. The molecule has 7 rings (SSSR count). The van der Waals surface area contributed by atoms with Gasteiger partial charge in [0.05, 0.1) is 43.7 Å². The largest absolute Gasteiger partial charge is 0.496 e. The van der Waals surface area contributed by atoms with E-state index >= 15 is 0 Å². The van der Waals surface area contributed by atoms with Crippen molar-refractivity contribution < 1.29 is 28.2 Å². The first-order valence-corrected chi connectivity index (χ1v) is 14.8. The number of hydrogen-bond donors (Lipinski definition) is 0. The molecule has 2 aromatic carbocycles. The van der Waals surface area contributed by atoms with Crippen LogP contribution in [0.25, 0.3) is 33.6 Å². The van der Waals surface area contributed by atoms with E-state index in [1.807, 2.05) is 47.4 Å². The summed E-state index contributed by atoms with van der Waals surface area (Å²) in [6.45, 7) is 3.54. The van der Waals surface area contributed by atoms with Gasteiger partial charge in [-0.05, 0) is 61.2 Å². The Bertz CT molecular complexity index is 1700. The van der Waals surface area contributed by atoms with E-state index in [9.17, 15) is 10.1 Å². The van der Waals surface area contributed by atoms with Gasteiger partial charge in [-0.15, -0.1) is 0 Å². The molecule has 0 aliphatic carbocycles. The number of rotatable bonds is 6. The number of ether oxygens (including phenoxy) is 4. The van der Waals surface area contributed by atoms with Gasteiger partial charge < -0.3 is 28.3 Å². The summed E-state index contributed by atoms with van der Waals surface area (Å²) < 4.78 is 29.5. The molecule has 0 unspecified atom stereocenters. The Labute approximate surface area is 249 Å². The van der Waals surface area contributed by atoms with E-state index in [0.29, 0.717) is 65.8 Å². The van der Waals surface area contributed by atoms with Crippen molar-refractivity contribution in [2.75, 3.05) is 40.0 Å². The van der Waals surface area contributed by atoms with Crippen LogP contribution in [0.1, 0.15) is 48.0 Å². The zero-order valence-electron chi connectivity index (χ0n) is 24.1. The van der Waals surface area contributed by atoms with Crippen LogP contribution in [-0.4, -0.2) is 67.5 Å². The number of furan rings is 1. The van der Waals surface area contributed by atoms with Gasteiger partial charge >= 0.3 is 0 Å². The lowest BCUT2D eigenvalue weighted by atomic mass is 9.84. The lowest BCUT2D eigenvalue weighted by Gasteiger charge is -2.47. The predicted octanol–water partition coefficient (Wildman–Crippen LogP) is 5.99. The molecule has 3 saturated heterocycles. The maximum Gasteiger partial charge on any atom is 0.253 e. The van der Waals surface area contributed by atoms with Crippen LogP contribution >= 0.6 is 0 Å². The van der Waals surface area contributed by atoms with Crippen LogP contribution in [0.2, 0.25) is 0 Å². The van der Waals surface area contributed by atoms with Crippen LogP contribution in [0.15, 0.2) is 59.1 Å². The number of methoxy groups -OCH3 is 1. The third kappa shape index (κ3) is 5.22. The quantitative estimate of drug-likeness (QED) is 0.274. The van der Waals surface area contributed by atoms with Gasteiger partial charge in [0.1, 0.15) is 34.9 Å². The number of amides is 1. The molecule has 0 radical (unpaired) electrons. The topological polar surface area (TPSA) is 107 Å². The van der Waals surface area contributed by atoms with Crippen LogP contribution < -0.4 is 9.47 Å². The monoisotopic (exact) mass is 579 g/mol. The molecule has 3 aliphatic heterocycles. The number of aromatic nitrogens is 1. The molecular weight excluding hydrogens is 546 g/mol. The summed E-state index contributed by atoms with van der Waals surface area (Å²) in [4.78, 5) is 19.7. The van der Waals surface area contributed by atoms with Crippen molar-refractivity contribution in [3.8, 4) is 40.0 Å². The number of nitriles is 1. The minimum absolute atomic E-state index is 0.00914. The fourth-order valence-corrected chi connectivity index (χ4v) is 6.27. The van der Waals surface area contributed by atoms with Crippen molar-refractivity contribution in [1.82, 2.24) is 9.88 Å². The molecule has 2 aromatic heterocycles. The average Bonchev–Trinajstić information content (AvgIpc) is 3.48. The maximum atomic E-state index is 13.3. The SMILES string of the molecule is COc1cc(C(=O)N2CCC3(CCO3)CC2)ccc1-c1cc2nccc(-c3ccc(OC4CCOCC4)c(C#N)c3)c2o1. The highest BCUT2D eigenvalue weighted by Gasteiger charge is 2.42. The Morgan fingerprint density at radius 3 is 2.53 bits per heavy atom. The van der Waals surface area contributed by atoms with Crippen LogP contribution in [0.3, 0.4) is 0 Å². The highest BCUT2D eigenvalue weighted by molar-refractivity contribution is 5.97. The minimum atomic E-state index is -0.0106. The molecule has 0 saturated carbocycles. The number of benzene rings is 2. The Kier molecular flexibility index (Phi) is 7.25. The van der Waals surface area contributed by atoms with Crippen LogP contribution in [-0.2, 0) is 9.47 Å². The lowest BCUT2D eigenvalue weighted by Crippen LogP contribution is -2.53. The Morgan fingerprint density at radius 1 is 1.00 bits per heavy atom. The zero-order valence-corrected chi connectivity index (χ0v) is 24.1. The second-order valence-corrected chi connectivity index (χ2v) is 11.4. The number of pyridine rings is 1. The molecule has 1 amide bonds. The Morgan fingerprint density at radius 2 is 1.81 bits per heavy atom. The zero-order chi connectivity index (χ0) is 29.4. The van der Waals surface area contributed by atoms with Gasteiger partial charge in [0, 0.05) is 49.3 Å². The molecule has 9 heteroatoms. The summed E-state index contributed by atoms with van der Waals surface area (Å²) in [5, 5.41) is 9.89. The molecule has 4 aromatic rings. The number of nitrogens with zero attached hydrogens (tertiary/aromatic N) is 3. The van der Waals surface area contributed by atoms with Crippen molar-refractivity contribution in [1.29, 1.82) is 5.26 Å². The first kappa shape index (κ1) is 27.4. The molecule has 0 atom stereocenters. The summed E-state index contributed by atoms with van der Waals surface area (Å²) in [5.74, 6) is 1.69. The van der Waals surface area contributed by atoms with Gasteiger partial charge in [-0.1, -0.05) is 6.07 Å². The van der Waals surface area contributed by atoms with Crippen molar-refractivity contribution in [3.05, 3.63) is 65.9 Å². The third-order valence-corrected chi connectivity index (χ3v) is 8.93. The standard InChI is InChI=1S/C34H33N3O6/c1-39-30-19-23(33(38)37-13-9-34(10-14-37)11-17-41-34)2-4-27(30)31-20-28-32(43-31)26(6-12-36-28)22-3-5-29(24(18-22)21-35)42-25-7-15-40-16-8-25/h2-6,12,18-20,25H,7-11,13-17H2,1H3. The van der Waals surface area contributed by atoms with Crippen molar-refractivity contribution in [2.24, 2.45) is 0 Å². The van der Waals surface area contributed by atoms with Gasteiger partial charge in [-0.3, -0.25) is 9.78 Å². The van der Waals surface area contributed by atoms with Crippen molar-refractivity contribution in [3.63, 3.8) is 0 Å². The molecule has 0 N–H and O–H groups in total. The van der Waals surface area contributed by atoms with E-state index in [1.165, 1.54) is 0 Å². The molecule has 5 heterocycles. The second-order valence-electron chi connectivity index (χ2n) is 11.4. The minimum Gasteiger partial charge on any atom is -0.496 e. The van der Waals surface area contributed by atoms with Crippen molar-refractivity contribution >= 4 is 17.0 Å². The van der Waals surface area contributed by atoms with Crippen molar-refractivity contribution in [2.45, 2.75) is 43.8 Å². The van der Waals surface area contributed by atoms with E-state index in [-0.39, 0.29) is 17.6 Å². The highest BCUT2D eigenvalue weighted by Crippen LogP contribution is 2.40. The number of carbonyl (C=O) groups excluding carboxylic acids is 1. The van der Waals surface area contributed by atoms with E-state index in [0.717, 1.165) is 55.4 Å². The summed E-state index contributed by atoms with van der Waals surface area (Å²) in [6, 6.07) is 17.1. The average molecular weight is 580 g/mol. The van der Waals surface area contributed by atoms with Gasteiger partial charge in [0.15, 0.2) is 5.58 Å². The third-order valence-electron chi connectivity index (χ3n) is 8.93. The van der Waals surface area contributed by atoms with Crippen LogP contribution in [0.5, 0.6) is 11.5 Å². The smallest absolute Gasteiger partial charge is 0.253 e. The van der Waals surface area contributed by atoms with E-state index in [4.69, 9.17) is 23.4 Å². The van der Waals surface area contributed by atoms with Gasteiger partial charge in [-0.2, -0.15) is 5.26 Å². The summed E-state index contributed by atoms with van der Waals surface area (Å²) in [6.07, 6.45) is 6.22. The fourth-order valence-electron chi connectivity index (χ4n) is 6.27. The summed E-state index contributed by atoms with van der Waals surface area (Å²) >= 11 is 0. The van der Waals surface area contributed by atoms with E-state index < -0.39 is 0 Å². The fraction of sp³-hybridized carbons (Fsp3) is 0.382. The number of carbonyl (C=O) groups is 1. The predicted molar refractivity (Wildman–Crippen MR) is 159 cm³/mol. The molecular formula is C34H33N3O6. The van der Waals surface area contributed by atoms with Gasteiger partial charge in [0.25, 0.3) is 5.91 Å². The Balaban J connectivity index is 1.15. The Hall–Kier alpha value is -4.39. The molecule has 3 aliphatic rings. The maximum absolute atomic E-state index is 13.3. The number of fused-ring (bicyclic) bond motifs is 1. The van der Waals surface area contributed by atoms with Crippen LogP contribution in [0, 0.1) is 11.3 Å². The first-order chi connectivity index (χ1) is 21.1. The second kappa shape index (κ2) is 11.4. The molecule has 0 bridgehead atoms. The van der Waals surface area contributed by atoms with Gasteiger partial charge in [-0.25, -0.2) is 0 Å². The molecule has 43 heavy (non-hydrogen) atoms. The van der Waals surface area contributed by atoms with E-state index in [2.05, 4.69) is 11.1 Å². The molecule has 3 fully saturated rings. The number of likely N-dealkylation sites (tertiary alicyclic amines) is 1. The van der Waals surface area contributed by atoms with Crippen LogP contribution in [0.4, 0.5) is 0 Å². The summed E-state index contributed by atoms with van der Waals surface area (Å²) in [5.41, 5.74) is 4.67. The normalized spacial score (nSPS) is 18.3. The highest BCUT2D eigenvalue weighted by atomic mass is 16.5. The summed E-state index contributed by atoms with van der Waals surface area (Å²) in [7, 11) is 1.59. The molecule has 220 valence electrons. The lowest BCUT2D eigenvalue weighted by molar-refractivity contribution is -0.169. The number of piperidine rings is 1. The molecule has 9 nitrogen and oxygen atoms in total. The van der Waals surface area contributed by atoms with E-state index in [1.54, 1.807) is 19.4 Å². The first-order valence-electron chi connectivity index (χ1n) is 14.8. The van der Waals surface area contributed by atoms with Gasteiger partial charge in [0.2, 0.25) is 0 Å².